The van der Waals surface area contributed by atoms with Gasteiger partial charge in [0.25, 0.3) is 11.6 Å². The number of carbonyl (C=O) groups excluding carboxylic acids is 1. The first kappa shape index (κ1) is 13.9. The van der Waals surface area contributed by atoms with Crippen molar-refractivity contribution in [1.29, 1.82) is 0 Å². The molecular formula is C12H9ClN4O3S. The van der Waals surface area contributed by atoms with E-state index in [1.54, 1.807) is 0 Å². The third-order valence-corrected chi connectivity index (χ3v) is 4.39. The smallest absolute Gasteiger partial charge is 0.298 e. The average Bonchev–Trinajstić information content (AvgIpc) is 2.99. The molecule has 0 bridgehead atoms. The van der Waals surface area contributed by atoms with Gasteiger partial charge in [0.15, 0.2) is 5.13 Å². The molecule has 1 N–H and O–H groups in total. The van der Waals surface area contributed by atoms with Gasteiger partial charge in [-0.1, -0.05) is 11.6 Å². The second kappa shape index (κ2) is 5.38. The van der Waals surface area contributed by atoms with Crippen LogP contribution < -0.4 is 5.32 Å². The summed E-state index contributed by atoms with van der Waals surface area (Å²) < 4.78 is 0. The lowest BCUT2D eigenvalue weighted by atomic mass is 10.2. The topological polar surface area (TPSA) is 98.0 Å². The van der Waals surface area contributed by atoms with E-state index < -0.39 is 10.8 Å². The number of aromatic nitrogens is 2. The number of hydrogen-bond donors (Lipinski definition) is 1. The molecule has 0 saturated heterocycles. The molecule has 0 aliphatic heterocycles. The van der Waals surface area contributed by atoms with E-state index in [1.807, 2.05) is 0 Å². The fourth-order valence-corrected chi connectivity index (χ4v) is 3.36. The zero-order chi connectivity index (χ0) is 15.0. The van der Waals surface area contributed by atoms with Crippen molar-refractivity contribution in [1.82, 2.24) is 9.97 Å². The molecule has 0 spiro atoms. The summed E-state index contributed by atoms with van der Waals surface area (Å²) in [5.74, 6) is -0.613. The van der Waals surface area contributed by atoms with Gasteiger partial charge in [-0.25, -0.2) is 9.97 Å². The molecule has 1 aliphatic carbocycles. The van der Waals surface area contributed by atoms with Gasteiger partial charge in [0.2, 0.25) is 0 Å². The minimum Gasteiger partial charge on any atom is -0.298 e. The Morgan fingerprint density at radius 2 is 2.29 bits per heavy atom. The van der Waals surface area contributed by atoms with Crippen LogP contribution in [0.4, 0.5) is 10.8 Å². The predicted molar refractivity (Wildman–Crippen MR) is 78.0 cm³/mol. The Kier molecular flexibility index (Phi) is 3.56. The summed E-state index contributed by atoms with van der Waals surface area (Å²) in [6.07, 6.45) is 3.92. The standard InChI is InChI=1S/C12H9ClN4O3S/c13-10-4-6(8(5-14-10)17(19)20)11(18)16-12-15-7-2-1-3-9(7)21-12/h4-5H,1-3H2,(H,15,16,18). The second-order valence-corrected chi connectivity index (χ2v) is 5.95. The molecule has 3 rings (SSSR count). The molecule has 2 aromatic heterocycles. The van der Waals surface area contributed by atoms with Gasteiger partial charge in [-0.05, 0) is 25.3 Å². The number of amides is 1. The van der Waals surface area contributed by atoms with Gasteiger partial charge in [0.1, 0.15) is 16.9 Å². The SMILES string of the molecule is O=C(Nc1nc2c(s1)CCC2)c1cc(Cl)ncc1[N+](=O)[O-]. The van der Waals surface area contributed by atoms with E-state index in [9.17, 15) is 14.9 Å². The van der Waals surface area contributed by atoms with Crippen molar-refractivity contribution in [3.05, 3.63) is 43.7 Å². The highest BCUT2D eigenvalue weighted by Crippen LogP contribution is 2.31. The molecule has 0 fully saturated rings. The monoisotopic (exact) mass is 324 g/mol. The maximum absolute atomic E-state index is 12.2. The minimum absolute atomic E-state index is 0.0207. The maximum Gasteiger partial charge on any atom is 0.300 e. The van der Waals surface area contributed by atoms with Gasteiger partial charge in [0, 0.05) is 4.88 Å². The Labute approximate surface area is 128 Å². The van der Waals surface area contributed by atoms with Gasteiger partial charge >= 0.3 is 0 Å². The number of nitrogens with one attached hydrogen (secondary N) is 1. The minimum atomic E-state index is -0.667. The molecule has 7 nitrogen and oxygen atoms in total. The molecule has 2 aromatic rings. The lowest BCUT2D eigenvalue weighted by molar-refractivity contribution is -0.385. The van der Waals surface area contributed by atoms with Crippen LogP contribution in [-0.4, -0.2) is 20.8 Å². The molecule has 108 valence electrons. The number of carbonyl (C=O) groups is 1. The van der Waals surface area contributed by atoms with Gasteiger partial charge in [-0.2, -0.15) is 0 Å². The lowest BCUT2D eigenvalue weighted by Gasteiger charge is -2.03. The van der Waals surface area contributed by atoms with Crippen molar-refractivity contribution in [3.63, 3.8) is 0 Å². The van der Waals surface area contributed by atoms with Crippen LogP contribution in [0.3, 0.4) is 0 Å². The quantitative estimate of drug-likeness (QED) is 0.532. The molecule has 1 amide bonds. The van der Waals surface area contributed by atoms with Gasteiger partial charge in [-0.3, -0.25) is 20.2 Å². The Bertz CT molecular complexity index is 725. The molecule has 2 heterocycles. The fourth-order valence-electron chi connectivity index (χ4n) is 2.16. The number of aryl methyl sites for hydroxylation is 2. The first-order chi connectivity index (χ1) is 10.0. The first-order valence-corrected chi connectivity index (χ1v) is 7.34. The molecule has 0 unspecified atom stereocenters. The summed E-state index contributed by atoms with van der Waals surface area (Å²) in [4.78, 5) is 31.6. The van der Waals surface area contributed by atoms with Gasteiger partial charge in [-0.15, -0.1) is 11.3 Å². The summed E-state index contributed by atoms with van der Waals surface area (Å²) >= 11 is 7.10. The zero-order valence-corrected chi connectivity index (χ0v) is 12.2. The summed E-state index contributed by atoms with van der Waals surface area (Å²) in [5, 5.41) is 14.0. The zero-order valence-electron chi connectivity index (χ0n) is 10.6. The second-order valence-electron chi connectivity index (χ2n) is 4.48. The van der Waals surface area contributed by atoms with Crippen LogP contribution in [0.25, 0.3) is 0 Å². The molecular weight excluding hydrogens is 316 g/mol. The fraction of sp³-hybridized carbons (Fsp3) is 0.250. The number of nitro groups is 1. The Hall–Kier alpha value is -2.06. The van der Waals surface area contributed by atoms with Crippen LogP contribution in [0.15, 0.2) is 12.3 Å². The highest BCUT2D eigenvalue weighted by Gasteiger charge is 2.23. The molecule has 0 saturated carbocycles. The highest BCUT2D eigenvalue weighted by molar-refractivity contribution is 7.16. The molecule has 9 heteroatoms. The van der Waals surface area contributed by atoms with Gasteiger partial charge < -0.3 is 0 Å². The number of fused-ring (bicyclic) bond motifs is 1. The summed E-state index contributed by atoms with van der Waals surface area (Å²) in [7, 11) is 0. The Morgan fingerprint density at radius 3 is 3.00 bits per heavy atom. The van der Waals surface area contributed by atoms with Crippen molar-refractivity contribution in [2.75, 3.05) is 5.32 Å². The van der Waals surface area contributed by atoms with Crippen molar-refractivity contribution in [3.8, 4) is 0 Å². The number of anilines is 1. The number of pyridine rings is 1. The molecule has 21 heavy (non-hydrogen) atoms. The normalized spacial score (nSPS) is 13.0. The van der Waals surface area contributed by atoms with Crippen LogP contribution in [0, 0.1) is 10.1 Å². The van der Waals surface area contributed by atoms with E-state index in [2.05, 4.69) is 15.3 Å². The molecule has 0 atom stereocenters. The highest BCUT2D eigenvalue weighted by atomic mass is 35.5. The number of nitrogens with zero attached hydrogens (tertiary/aromatic N) is 3. The van der Waals surface area contributed by atoms with Crippen LogP contribution >= 0.6 is 22.9 Å². The van der Waals surface area contributed by atoms with E-state index in [1.165, 1.54) is 17.4 Å². The van der Waals surface area contributed by atoms with E-state index in [-0.39, 0.29) is 16.4 Å². The van der Waals surface area contributed by atoms with E-state index >= 15 is 0 Å². The summed E-state index contributed by atoms with van der Waals surface area (Å²) in [5.41, 5.74) is 0.480. The molecule has 1 aliphatic rings. The number of rotatable bonds is 3. The first-order valence-electron chi connectivity index (χ1n) is 6.14. The lowest BCUT2D eigenvalue weighted by Crippen LogP contribution is -2.14. The third-order valence-electron chi connectivity index (χ3n) is 3.11. The summed E-state index contributed by atoms with van der Waals surface area (Å²) in [6, 6.07) is 1.18. The number of hydrogen-bond acceptors (Lipinski definition) is 6. The predicted octanol–water partition coefficient (Wildman–Crippen LogP) is 2.84. The van der Waals surface area contributed by atoms with E-state index in [0.29, 0.717) is 5.13 Å². The van der Waals surface area contributed by atoms with Crippen molar-refractivity contribution >= 4 is 39.7 Å². The van der Waals surface area contributed by atoms with Crippen LogP contribution in [-0.2, 0) is 12.8 Å². The van der Waals surface area contributed by atoms with Crippen molar-refractivity contribution < 1.29 is 9.72 Å². The maximum atomic E-state index is 12.2. The molecule has 0 radical (unpaired) electrons. The van der Waals surface area contributed by atoms with Gasteiger partial charge in [0.05, 0.1) is 10.6 Å². The largest absolute Gasteiger partial charge is 0.300 e. The molecule has 0 aromatic carbocycles. The van der Waals surface area contributed by atoms with Crippen LogP contribution in [0.2, 0.25) is 5.15 Å². The van der Waals surface area contributed by atoms with E-state index in [0.717, 1.165) is 36.0 Å². The summed E-state index contributed by atoms with van der Waals surface area (Å²) in [6.45, 7) is 0. The number of halogens is 1. The van der Waals surface area contributed by atoms with Crippen LogP contribution in [0.5, 0.6) is 0 Å². The van der Waals surface area contributed by atoms with Crippen LogP contribution in [0.1, 0.15) is 27.3 Å². The third kappa shape index (κ3) is 2.72. The van der Waals surface area contributed by atoms with E-state index in [4.69, 9.17) is 11.6 Å². The Morgan fingerprint density at radius 1 is 1.48 bits per heavy atom. The Balaban J connectivity index is 1.87. The van der Waals surface area contributed by atoms with Crippen molar-refractivity contribution in [2.24, 2.45) is 0 Å². The van der Waals surface area contributed by atoms with Crippen molar-refractivity contribution in [2.45, 2.75) is 19.3 Å². The number of thiazole rings is 1. The average molecular weight is 325 g/mol.